The molecule has 0 aliphatic heterocycles. The lowest BCUT2D eigenvalue weighted by Gasteiger charge is -2.03. The number of carbonyl (C=O) groups is 1. The Balaban J connectivity index is 2.06. The predicted octanol–water partition coefficient (Wildman–Crippen LogP) is 4.83. The first kappa shape index (κ1) is 16.0. The summed E-state index contributed by atoms with van der Waals surface area (Å²) < 4.78 is 0.985. The summed E-state index contributed by atoms with van der Waals surface area (Å²) in [5.74, 6) is -0.390. The zero-order chi connectivity index (χ0) is 15.4. The van der Waals surface area contributed by atoms with E-state index < -0.39 is 0 Å². The number of hydrazone groups is 1. The van der Waals surface area contributed by atoms with Crippen molar-refractivity contribution in [1.29, 1.82) is 0 Å². The molecule has 0 aromatic heterocycles. The Morgan fingerprint density at radius 3 is 2.67 bits per heavy atom. The molecule has 6 heteroatoms. The first-order valence-corrected chi connectivity index (χ1v) is 7.57. The number of rotatable bonds is 3. The van der Waals surface area contributed by atoms with Crippen LogP contribution in [0.4, 0.5) is 0 Å². The molecule has 2 aromatic rings. The van der Waals surface area contributed by atoms with Crippen molar-refractivity contribution < 1.29 is 4.79 Å². The quantitative estimate of drug-likeness (QED) is 0.596. The van der Waals surface area contributed by atoms with Gasteiger partial charge >= 0.3 is 0 Å². The van der Waals surface area contributed by atoms with Gasteiger partial charge in [0.2, 0.25) is 0 Å². The molecule has 0 unspecified atom stereocenters. The monoisotopic (exact) mass is 384 g/mol. The Morgan fingerprint density at radius 2 is 2.00 bits per heavy atom. The number of hydrogen-bond donors (Lipinski definition) is 1. The number of nitrogens with one attached hydrogen (secondary N) is 1. The summed E-state index contributed by atoms with van der Waals surface area (Å²) in [7, 11) is 0. The lowest BCUT2D eigenvalue weighted by atomic mass is 10.2. The van der Waals surface area contributed by atoms with E-state index in [1.54, 1.807) is 18.3 Å². The van der Waals surface area contributed by atoms with Gasteiger partial charge in [-0.15, -0.1) is 0 Å². The van der Waals surface area contributed by atoms with Crippen LogP contribution in [0.5, 0.6) is 0 Å². The summed E-state index contributed by atoms with van der Waals surface area (Å²) in [5, 5.41) is 4.68. The van der Waals surface area contributed by atoms with Crippen molar-refractivity contribution in [3.8, 4) is 0 Å². The van der Waals surface area contributed by atoms with E-state index in [9.17, 15) is 4.79 Å². The Bertz CT molecular complexity index is 717. The molecule has 0 heterocycles. The van der Waals surface area contributed by atoms with Gasteiger partial charge in [0, 0.05) is 9.50 Å². The van der Waals surface area contributed by atoms with Crippen molar-refractivity contribution in [1.82, 2.24) is 5.43 Å². The van der Waals surface area contributed by atoms with Crippen molar-refractivity contribution in [2.75, 3.05) is 0 Å². The number of benzene rings is 2. The molecule has 2 rings (SSSR count). The highest BCUT2D eigenvalue weighted by molar-refractivity contribution is 9.10. The van der Waals surface area contributed by atoms with E-state index in [0.717, 1.165) is 15.6 Å². The highest BCUT2D eigenvalue weighted by Crippen LogP contribution is 2.20. The molecule has 0 radical (unpaired) electrons. The van der Waals surface area contributed by atoms with Crippen LogP contribution in [-0.2, 0) is 0 Å². The molecule has 0 saturated carbocycles. The molecular weight excluding hydrogens is 375 g/mol. The SMILES string of the molecule is Cc1ccc(/C=N/NC(=O)c2ccc(Cl)cc2Cl)cc1Br. The number of aryl methyl sites for hydroxylation is 1. The lowest BCUT2D eigenvalue weighted by molar-refractivity contribution is 0.0955. The summed E-state index contributed by atoms with van der Waals surface area (Å²) in [6.45, 7) is 2.00. The lowest BCUT2D eigenvalue weighted by Crippen LogP contribution is -2.18. The molecule has 1 N–H and O–H groups in total. The standard InChI is InChI=1S/C15H11BrCl2N2O/c1-9-2-3-10(6-13(9)16)8-19-20-15(21)12-5-4-11(17)7-14(12)18/h2-8H,1H3,(H,20,21)/b19-8+. The number of nitrogens with zero attached hydrogens (tertiary/aromatic N) is 1. The molecule has 108 valence electrons. The topological polar surface area (TPSA) is 41.5 Å². The average molecular weight is 386 g/mol. The van der Waals surface area contributed by atoms with Gasteiger partial charge in [-0.2, -0.15) is 5.10 Å². The molecule has 2 aromatic carbocycles. The molecule has 3 nitrogen and oxygen atoms in total. The van der Waals surface area contributed by atoms with Gasteiger partial charge in [0.15, 0.2) is 0 Å². The van der Waals surface area contributed by atoms with Crippen LogP contribution < -0.4 is 5.43 Å². The van der Waals surface area contributed by atoms with Crippen LogP contribution in [0.1, 0.15) is 21.5 Å². The maximum absolute atomic E-state index is 11.9. The minimum Gasteiger partial charge on any atom is -0.267 e. The van der Waals surface area contributed by atoms with E-state index >= 15 is 0 Å². The summed E-state index contributed by atoms with van der Waals surface area (Å²) in [6, 6.07) is 10.5. The third kappa shape index (κ3) is 4.30. The van der Waals surface area contributed by atoms with Gasteiger partial charge < -0.3 is 0 Å². The second kappa shape index (κ2) is 7.07. The van der Waals surface area contributed by atoms with Gasteiger partial charge in [0.25, 0.3) is 5.91 Å². The largest absolute Gasteiger partial charge is 0.272 e. The molecule has 0 bridgehead atoms. The van der Waals surface area contributed by atoms with Gasteiger partial charge in [-0.1, -0.05) is 51.3 Å². The van der Waals surface area contributed by atoms with Crippen molar-refractivity contribution in [2.45, 2.75) is 6.92 Å². The summed E-state index contributed by atoms with van der Waals surface area (Å²) >= 11 is 15.2. The van der Waals surface area contributed by atoms with Crippen molar-refractivity contribution in [3.05, 3.63) is 67.6 Å². The van der Waals surface area contributed by atoms with Crippen LogP contribution in [0.2, 0.25) is 10.0 Å². The molecule has 21 heavy (non-hydrogen) atoms. The van der Waals surface area contributed by atoms with E-state index in [4.69, 9.17) is 23.2 Å². The third-order valence-electron chi connectivity index (χ3n) is 2.75. The fraction of sp³-hybridized carbons (Fsp3) is 0.0667. The highest BCUT2D eigenvalue weighted by atomic mass is 79.9. The molecular formula is C15H11BrCl2N2O. The number of hydrogen-bond acceptors (Lipinski definition) is 2. The molecule has 0 spiro atoms. The molecule has 0 aliphatic rings. The molecule has 0 saturated heterocycles. The first-order valence-electron chi connectivity index (χ1n) is 6.02. The first-order chi connectivity index (χ1) is 9.97. The third-order valence-corrected chi connectivity index (χ3v) is 4.15. The highest BCUT2D eigenvalue weighted by Gasteiger charge is 2.09. The van der Waals surface area contributed by atoms with Crippen LogP contribution in [0.25, 0.3) is 0 Å². The van der Waals surface area contributed by atoms with E-state index in [0.29, 0.717) is 10.6 Å². The van der Waals surface area contributed by atoms with Crippen LogP contribution in [0, 0.1) is 6.92 Å². The van der Waals surface area contributed by atoms with E-state index in [2.05, 4.69) is 26.5 Å². The molecule has 0 fully saturated rings. The molecule has 0 aliphatic carbocycles. The molecule has 1 amide bonds. The maximum Gasteiger partial charge on any atom is 0.272 e. The minimum absolute atomic E-state index is 0.285. The number of halogens is 3. The summed E-state index contributed by atoms with van der Waals surface area (Å²) in [5.41, 5.74) is 4.75. The van der Waals surface area contributed by atoms with E-state index in [-0.39, 0.29) is 10.9 Å². The van der Waals surface area contributed by atoms with Crippen LogP contribution in [0.3, 0.4) is 0 Å². The predicted molar refractivity (Wildman–Crippen MR) is 90.4 cm³/mol. The Kier molecular flexibility index (Phi) is 5.39. The summed E-state index contributed by atoms with van der Waals surface area (Å²) in [4.78, 5) is 11.9. The molecule has 0 atom stereocenters. The van der Waals surface area contributed by atoms with Gasteiger partial charge in [0.1, 0.15) is 0 Å². The Labute approximate surface area is 141 Å². The van der Waals surface area contributed by atoms with Crippen LogP contribution in [-0.4, -0.2) is 12.1 Å². The summed E-state index contributed by atoms with van der Waals surface area (Å²) in [6.07, 6.45) is 1.56. The zero-order valence-corrected chi connectivity index (χ0v) is 14.1. The van der Waals surface area contributed by atoms with Gasteiger partial charge in [-0.3, -0.25) is 4.79 Å². The second-order valence-electron chi connectivity index (χ2n) is 4.33. The average Bonchev–Trinajstić information content (AvgIpc) is 2.42. The van der Waals surface area contributed by atoms with Crippen molar-refractivity contribution in [3.63, 3.8) is 0 Å². The number of carbonyl (C=O) groups excluding carboxylic acids is 1. The normalized spacial score (nSPS) is 10.9. The fourth-order valence-corrected chi connectivity index (χ4v) is 2.48. The zero-order valence-electron chi connectivity index (χ0n) is 11.0. The van der Waals surface area contributed by atoms with Crippen molar-refractivity contribution in [2.24, 2.45) is 5.10 Å². The fourth-order valence-electron chi connectivity index (χ4n) is 1.59. The second-order valence-corrected chi connectivity index (χ2v) is 6.03. The smallest absolute Gasteiger partial charge is 0.267 e. The van der Waals surface area contributed by atoms with Crippen molar-refractivity contribution >= 4 is 51.3 Å². The number of amides is 1. The van der Waals surface area contributed by atoms with Gasteiger partial charge in [0.05, 0.1) is 16.8 Å². The van der Waals surface area contributed by atoms with E-state index in [1.807, 2.05) is 25.1 Å². The van der Waals surface area contributed by atoms with Crippen LogP contribution in [0.15, 0.2) is 46.0 Å². The Morgan fingerprint density at radius 1 is 1.24 bits per heavy atom. The van der Waals surface area contributed by atoms with Gasteiger partial charge in [-0.05, 0) is 42.3 Å². The van der Waals surface area contributed by atoms with Crippen LogP contribution >= 0.6 is 39.1 Å². The minimum atomic E-state index is -0.390. The maximum atomic E-state index is 11.9. The van der Waals surface area contributed by atoms with Gasteiger partial charge in [-0.25, -0.2) is 5.43 Å². The Hall–Kier alpha value is -1.36. The van der Waals surface area contributed by atoms with E-state index in [1.165, 1.54) is 6.07 Å².